The molecule has 1 heterocycles. The fourth-order valence-electron chi connectivity index (χ4n) is 2.70. The quantitative estimate of drug-likeness (QED) is 0.837. The van der Waals surface area contributed by atoms with Crippen LogP contribution in [-0.2, 0) is 6.42 Å². The Hall–Kier alpha value is -0.930. The van der Waals surface area contributed by atoms with Crippen LogP contribution in [0.1, 0.15) is 36.4 Å². The van der Waals surface area contributed by atoms with Crippen LogP contribution in [-0.4, -0.2) is 19.1 Å². The minimum absolute atomic E-state index is 0.114. The van der Waals surface area contributed by atoms with Gasteiger partial charge in [-0.2, -0.15) is 0 Å². The predicted octanol–water partition coefficient (Wildman–Crippen LogP) is 2.15. The Bertz CT molecular complexity index is 401. The highest BCUT2D eigenvalue weighted by molar-refractivity contribution is 5.33. The molecule has 0 amide bonds. The summed E-state index contributed by atoms with van der Waals surface area (Å²) in [6, 6.07) is 6.25. The molecule has 1 aliphatic heterocycles. The van der Waals surface area contributed by atoms with Crippen molar-refractivity contribution in [2.75, 3.05) is 13.1 Å². The SMILES string of the molecule is Fc1ccc2c(c1)CCNC2CNC1CCC1. The Kier molecular flexibility index (Phi) is 3.12. The summed E-state index contributed by atoms with van der Waals surface area (Å²) in [7, 11) is 0. The van der Waals surface area contributed by atoms with Gasteiger partial charge in [0.2, 0.25) is 0 Å². The highest BCUT2D eigenvalue weighted by Gasteiger charge is 2.22. The molecule has 2 nitrogen and oxygen atoms in total. The zero-order valence-corrected chi connectivity index (χ0v) is 10.0. The number of hydrogen-bond acceptors (Lipinski definition) is 2. The monoisotopic (exact) mass is 234 g/mol. The summed E-state index contributed by atoms with van der Waals surface area (Å²) in [6.45, 7) is 1.91. The van der Waals surface area contributed by atoms with Gasteiger partial charge in [0.15, 0.2) is 0 Å². The van der Waals surface area contributed by atoms with Crippen molar-refractivity contribution in [3.63, 3.8) is 0 Å². The number of benzene rings is 1. The van der Waals surface area contributed by atoms with Gasteiger partial charge in [0.05, 0.1) is 0 Å². The van der Waals surface area contributed by atoms with E-state index in [1.54, 1.807) is 12.1 Å². The lowest BCUT2D eigenvalue weighted by atomic mass is 9.91. The van der Waals surface area contributed by atoms with Gasteiger partial charge in [0, 0.05) is 18.6 Å². The average Bonchev–Trinajstić information content (AvgIpc) is 2.26. The van der Waals surface area contributed by atoms with Crippen molar-refractivity contribution in [1.82, 2.24) is 10.6 Å². The second kappa shape index (κ2) is 4.75. The molecule has 2 N–H and O–H groups in total. The number of nitrogens with one attached hydrogen (secondary N) is 2. The first-order valence-corrected chi connectivity index (χ1v) is 6.58. The van der Waals surface area contributed by atoms with Crippen LogP contribution >= 0.6 is 0 Å². The lowest BCUT2D eigenvalue weighted by molar-refractivity contribution is 0.319. The van der Waals surface area contributed by atoms with E-state index in [0.717, 1.165) is 19.5 Å². The lowest BCUT2D eigenvalue weighted by Crippen LogP contribution is -2.42. The third-order valence-electron chi connectivity index (χ3n) is 3.98. The minimum atomic E-state index is -0.114. The Labute approximate surface area is 102 Å². The maximum absolute atomic E-state index is 13.2. The van der Waals surface area contributed by atoms with E-state index in [4.69, 9.17) is 0 Å². The number of halogens is 1. The topological polar surface area (TPSA) is 24.1 Å². The predicted molar refractivity (Wildman–Crippen MR) is 66.5 cm³/mol. The van der Waals surface area contributed by atoms with Crippen LogP contribution in [0.2, 0.25) is 0 Å². The second-order valence-corrected chi connectivity index (χ2v) is 5.14. The Morgan fingerprint density at radius 2 is 2.24 bits per heavy atom. The van der Waals surface area contributed by atoms with E-state index in [2.05, 4.69) is 10.6 Å². The summed E-state index contributed by atoms with van der Waals surface area (Å²) in [6.07, 6.45) is 4.91. The molecule has 0 radical (unpaired) electrons. The van der Waals surface area contributed by atoms with Gasteiger partial charge < -0.3 is 10.6 Å². The molecule has 0 saturated heterocycles. The van der Waals surface area contributed by atoms with Gasteiger partial charge in [0.25, 0.3) is 0 Å². The van der Waals surface area contributed by atoms with Crippen molar-refractivity contribution < 1.29 is 4.39 Å². The fourth-order valence-corrected chi connectivity index (χ4v) is 2.70. The number of fused-ring (bicyclic) bond motifs is 1. The van der Waals surface area contributed by atoms with Gasteiger partial charge in [-0.05, 0) is 49.1 Å². The first-order chi connectivity index (χ1) is 8.33. The Morgan fingerprint density at radius 1 is 1.35 bits per heavy atom. The second-order valence-electron chi connectivity index (χ2n) is 5.14. The zero-order valence-electron chi connectivity index (χ0n) is 10.0. The van der Waals surface area contributed by atoms with E-state index in [1.807, 2.05) is 6.07 Å². The molecule has 0 bridgehead atoms. The number of hydrogen-bond donors (Lipinski definition) is 2. The molecule has 17 heavy (non-hydrogen) atoms. The van der Waals surface area contributed by atoms with Gasteiger partial charge in [-0.25, -0.2) is 4.39 Å². The van der Waals surface area contributed by atoms with Crippen LogP contribution < -0.4 is 10.6 Å². The molecule has 92 valence electrons. The Morgan fingerprint density at radius 3 is 3.00 bits per heavy atom. The zero-order chi connectivity index (χ0) is 11.7. The molecule has 3 heteroatoms. The molecular weight excluding hydrogens is 215 g/mol. The van der Waals surface area contributed by atoms with E-state index in [0.29, 0.717) is 12.1 Å². The van der Waals surface area contributed by atoms with Gasteiger partial charge in [0.1, 0.15) is 5.82 Å². The van der Waals surface area contributed by atoms with Crippen molar-refractivity contribution in [1.29, 1.82) is 0 Å². The summed E-state index contributed by atoms with van der Waals surface area (Å²) < 4.78 is 13.2. The molecule has 1 saturated carbocycles. The van der Waals surface area contributed by atoms with Crippen LogP contribution in [0.3, 0.4) is 0 Å². The van der Waals surface area contributed by atoms with E-state index in [9.17, 15) is 4.39 Å². The molecule has 1 unspecified atom stereocenters. The van der Waals surface area contributed by atoms with Crippen molar-refractivity contribution in [2.24, 2.45) is 0 Å². The highest BCUT2D eigenvalue weighted by atomic mass is 19.1. The van der Waals surface area contributed by atoms with Crippen LogP contribution in [0.5, 0.6) is 0 Å². The van der Waals surface area contributed by atoms with Crippen molar-refractivity contribution in [3.05, 3.63) is 35.1 Å². The van der Waals surface area contributed by atoms with E-state index >= 15 is 0 Å². The van der Waals surface area contributed by atoms with Gasteiger partial charge >= 0.3 is 0 Å². The largest absolute Gasteiger partial charge is 0.312 e. The van der Waals surface area contributed by atoms with Crippen molar-refractivity contribution in [2.45, 2.75) is 37.8 Å². The maximum atomic E-state index is 13.2. The molecule has 2 aliphatic rings. The molecule has 0 aromatic heterocycles. The summed E-state index contributed by atoms with van der Waals surface area (Å²) in [5.74, 6) is -0.114. The molecule has 1 fully saturated rings. The first kappa shape index (κ1) is 11.2. The van der Waals surface area contributed by atoms with Crippen LogP contribution in [0.4, 0.5) is 4.39 Å². The van der Waals surface area contributed by atoms with Crippen LogP contribution in [0.15, 0.2) is 18.2 Å². The molecular formula is C14H19FN2. The third kappa shape index (κ3) is 2.35. The normalized spacial score (nSPS) is 24.2. The molecule has 1 aromatic rings. The molecule has 1 aliphatic carbocycles. The number of rotatable bonds is 3. The Balaban J connectivity index is 1.69. The lowest BCUT2D eigenvalue weighted by Gasteiger charge is -2.32. The van der Waals surface area contributed by atoms with Gasteiger partial charge in [-0.3, -0.25) is 0 Å². The van der Waals surface area contributed by atoms with Crippen molar-refractivity contribution in [3.8, 4) is 0 Å². The van der Waals surface area contributed by atoms with E-state index in [1.165, 1.54) is 30.4 Å². The molecule has 3 rings (SSSR count). The summed E-state index contributed by atoms with van der Waals surface area (Å²) in [4.78, 5) is 0. The maximum Gasteiger partial charge on any atom is 0.123 e. The first-order valence-electron chi connectivity index (χ1n) is 6.58. The molecule has 1 aromatic carbocycles. The fraction of sp³-hybridized carbons (Fsp3) is 0.571. The highest BCUT2D eigenvalue weighted by Crippen LogP contribution is 2.24. The summed E-state index contributed by atoms with van der Waals surface area (Å²) in [5.41, 5.74) is 2.44. The smallest absolute Gasteiger partial charge is 0.123 e. The molecule has 1 atom stereocenters. The van der Waals surface area contributed by atoms with E-state index in [-0.39, 0.29) is 5.82 Å². The minimum Gasteiger partial charge on any atom is -0.312 e. The van der Waals surface area contributed by atoms with Crippen LogP contribution in [0, 0.1) is 5.82 Å². The molecule has 0 spiro atoms. The van der Waals surface area contributed by atoms with Gasteiger partial charge in [-0.15, -0.1) is 0 Å². The van der Waals surface area contributed by atoms with E-state index < -0.39 is 0 Å². The van der Waals surface area contributed by atoms with Crippen LogP contribution in [0.25, 0.3) is 0 Å². The standard InChI is InChI=1S/C14H19FN2/c15-11-4-5-13-10(8-11)6-7-16-14(13)9-17-12-2-1-3-12/h4-5,8,12,14,16-17H,1-3,6-7,9H2. The van der Waals surface area contributed by atoms with Crippen molar-refractivity contribution >= 4 is 0 Å². The summed E-state index contributed by atoms with van der Waals surface area (Å²) >= 11 is 0. The van der Waals surface area contributed by atoms with Gasteiger partial charge in [-0.1, -0.05) is 12.5 Å². The average molecular weight is 234 g/mol. The summed E-state index contributed by atoms with van der Waals surface area (Å²) in [5, 5.41) is 7.10. The third-order valence-corrected chi connectivity index (χ3v) is 3.98.